The lowest BCUT2D eigenvalue weighted by Crippen LogP contribution is -2.44. The molecule has 2 saturated heterocycles. The molecule has 0 saturated carbocycles. The van der Waals surface area contributed by atoms with Crippen molar-refractivity contribution in [3.05, 3.63) is 28.2 Å². The lowest BCUT2D eigenvalue weighted by Gasteiger charge is -2.30. The van der Waals surface area contributed by atoms with E-state index >= 15 is 0 Å². The number of carbonyl (C=O) groups is 2. The first-order valence-corrected chi connectivity index (χ1v) is 7.89. The van der Waals surface area contributed by atoms with Crippen LogP contribution in [0.1, 0.15) is 25.7 Å². The molecule has 0 N–H and O–H groups in total. The summed E-state index contributed by atoms with van der Waals surface area (Å²) in [6.07, 6.45) is 3.60. The molecule has 2 amide bonds. The van der Waals surface area contributed by atoms with Crippen molar-refractivity contribution >= 4 is 40.7 Å². The van der Waals surface area contributed by atoms with E-state index in [1.165, 1.54) is 11.3 Å². The highest BCUT2D eigenvalue weighted by molar-refractivity contribution is 6.35. The van der Waals surface area contributed by atoms with E-state index in [1.807, 2.05) is 0 Å². The molecule has 3 rings (SSSR count). The van der Waals surface area contributed by atoms with E-state index in [2.05, 4.69) is 4.90 Å². The highest BCUT2D eigenvalue weighted by atomic mass is 35.5. The van der Waals surface area contributed by atoms with Crippen LogP contribution in [0, 0.1) is 0 Å². The van der Waals surface area contributed by atoms with Crippen LogP contribution in [0.2, 0.25) is 10.0 Å². The summed E-state index contributed by atoms with van der Waals surface area (Å²) >= 11 is 11.9. The van der Waals surface area contributed by atoms with E-state index in [0.29, 0.717) is 15.7 Å². The average molecular weight is 327 g/mol. The minimum atomic E-state index is -0.337. The molecule has 6 heteroatoms. The smallest absolute Gasteiger partial charge is 0.251 e. The Labute approximate surface area is 133 Å². The van der Waals surface area contributed by atoms with Gasteiger partial charge in [-0.3, -0.25) is 14.5 Å². The summed E-state index contributed by atoms with van der Waals surface area (Å²) in [5, 5.41) is 0.832. The summed E-state index contributed by atoms with van der Waals surface area (Å²) in [6, 6.07) is 4.44. The normalized spacial score (nSPS) is 23.9. The molecule has 2 aliphatic rings. The van der Waals surface area contributed by atoms with Gasteiger partial charge in [-0.2, -0.15) is 0 Å². The fourth-order valence-electron chi connectivity index (χ4n) is 3.07. The van der Waals surface area contributed by atoms with E-state index in [4.69, 9.17) is 23.2 Å². The van der Waals surface area contributed by atoms with Gasteiger partial charge in [0.2, 0.25) is 5.91 Å². The Kier molecular flexibility index (Phi) is 4.20. The molecule has 0 aliphatic carbocycles. The van der Waals surface area contributed by atoms with E-state index in [0.717, 1.165) is 25.9 Å². The van der Waals surface area contributed by atoms with Crippen molar-refractivity contribution in [1.29, 1.82) is 0 Å². The number of hydrogen-bond acceptors (Lipinski definition) is 3. The molecule has 1 atom stereocenters. The molecule has 1 aromatic carbocycles. The number of hydrogen-bond donors (Lipinski definition) is 0. The Balaban J connectivity index is 1.86. The van der Waals surface area contributed by atoms with Gasteiger partial charge in [0.15, 0.2) is 0 Å². The Morgan fingerprint density at radius 2 is 1.57 bits per heavy atom. The highest BCUT2D eigenvalue weighted by Gasteiger charge is 2.42. The van der Waals surface area contributed by atoms with Gasteiger partial charge in [-0.1, -0.05) is 29.6 Å². The Morgan fingerprint density at radius 3 is 2.19 bits per heavy atom. The minimum Gasteiger partial charge on any atom is -0.292 e. The number of rotatable bonds is 2. The van der Waals surface area contributed by atoms with Gasteiger partial charge in [0.1, 0.15) is 0 Å². The van der Waals surface area contributed by atoms with Crippen LogP contribution in [-0.2, 0) is 9.59 Å². The first-order chi connectivity index (χ1) is 10.1. The third kappa shape index (κ3) is 2.93. The van der Waals surface area contributed by atoms with Gasteiger partial charge in [0.25, 0.3) is 5.91 Å². The molecule has 0 spiro atoms. The second kappa shape index (κ2) is 5.95. The van der Waals surface area contributed by atoms with Crippen molar-refractivity contribution in [2.45, 2.75) is 31.7 Å². The van der Waals surface area contributed by atoms with Gasteiger partial charge in [-0.05, 0) is 44.1 Å². The number of anilines is 1. The average Bonchev–Trinajstić information content (AvgIpc) is 2.74. The van der Waals surface area contributed by atoms with Crippen molar-refractivity contribution in [1.82, 2.24) is 4.90 Å². The SMILES string of the molecule is O=C1C[C@@H](N2CCCCC2)C(=O)N1c1cc(Cl)cc(Cl)c1. The predicted octanol–water partition coefficient (Wildman–Crippen LogP) is 3.11. The van der Waals surface area contributed by atoms with Crippen LogP contribution in [-0.4, -0.2) is 35.8 Å². The summed E-state index contributed by atoms with van der Waals surface area (Å²) in [6.45, 7) is 1.77. The molecule has 2 heterocycles. The van der Waals surface area contributed by atoms with Crippen molar-refractivity contribution in [2.75, 3.05) is 18.0 Å². The molecular formula is C15H16Cl2N2O2. The topological polar surface area (TPSA) is 40.6 Å². The third-order valence-corrected chi connectivity index (χ3v) is 4.50. The molecule has 21 heavy (non-hydrogen) atoms. The largest absolute Gasteiger partial charge is 0.292 e. The monoisotopic (exact) mass is 326 g/mol. The van der Waals surface area contributed by atoms with E-state index in [-0.39, 0.29) is 24.3 Å². The van der Waals surface area contributed by atoms with Crippen LogP contribution in [0.5, 0.6) is 0 Å². The molecule has 0 aromatic heterocycles. The maximum Gasteiger partial charge on any atom is 0.251 e. The van der Waals surface area contributed by atoms with Crippen molar-refractivity contribution in [3.63, 3.8) is 0 Å². The van der Waals surface area contributed by atoms with Crippen molar-refractivity contribution < 1.29 is 9.59 Å². The van der Waals surface area contributed by atoms with E-state index < -0.39 is 0 Å². The Hall–Kier alpha value is -1.10. The quantitative estimate of drug-likeness (QED) is 0.784. The number of carbonyl (C=O) groups excluding carboxylic acids is 2. The molecule has 4 nitrogen and oxygen atoms in total. The van der Waals surface area contributed by atoms with Crippen LogP contribution in [0.15, 0.2) is 18.2 Å². The standard InChI is InChI=1S/C15H16Cl2N2O2/c16-10-6-11(17)8-12(7-10)19-14(20)9-13(15(19)21)18-4-2-1-3-5-18/h6-8,13H,1-5,9H2/t13-/m1/s1. The van der Waals surface area contributed by atoms with E-state index in [9.17, 15) is 9.59 Å². The van der Waals surface area contributed by atoms with Crippen LogP contribution in [0.25, 0.3) is 0 Å². The van der Waals surface area contributed by atoms with Crippen LogP contribution in [0.4, 0.5) is 5.69 Å². The number of amides is 2. The summed E-state index contributed by atoms with van der Waals surface area (Å²) in [7, 11) is 0. The predicted molar refractivity (Wildman–Crippen MR) is 82.8 cm³/mol. The summed E-state index contributed by atoms with van der Waals surface area (Å²) in [4.78, 5) is 28.2. The fraction of sp³-hybridized carbons (Fsp3) is 0.467. The van der Waals surface area contributed by atoms with Gasteiger partial charge in [0.05, 0.1) is 18.2 Å². The van der Waals surface area contributed by atoms with Crippen LogP contribution in [0.3, 0.4) is 0 Å². The number of piperidine rings is 1. The minimum absolute atomic E-state index is 0.166. The number of benzene rings is 1. The van der Waals surface area contributed by atoms with Gasteiger partial charge in [0, 0.05) is 10.0 Å². The number of imide groups is 1. The van der Waals surface area contributed by atoms with Gasteiger partial charge >= 0.3 is 0 Å². The zero-order valence-electron chi connectivity index (χ0n) is 11.5. The second-order valence-electron chi connectivity index (χ2n) is 5.51. The maximum atomic E-state index is 12.6. The van der Waals surface area contributed by atoms with Crippen molar-refractivity contribution in [3.8, 4) is 0 Å². The Bertz CT molecular complexity index is 565. The molecular weight excluding hydrogens is 311 g/mol. The summed E-state index contributed by atoms with van der Waals surface area (Å²) < 4.78 is 0. The molecule has 2 fully saturated rings. The number of nitrogens with zero attached hydrogens (tertiary/aromatic N) is 2. The first kappa shape index (κ1) is 14.8. The molecule has 2 aliphatic heterocycles. The molecule has 0 bridgehead atoms. The maximum absolute atomic E-state index is 12.6. The van der Waals surface area contributed by atoms with E-state index in [1.54, 1.807) is 18.2 Å². The summed E-state index contributed by atoms with van der Waals surface area (Å²) in [5.74, 6) is -0.353. The molecule has 112 valence electrons. The van der Waals surface area contributed by atoms with Gasteiger partial charge in [-0.15, -0.1) is 0 Å². The zero-order valence-corrected chi connectivity index (χ0v) is 13.0. The lowest BCUT2D eigenvalue weighted by atomic mass is 10.1. The second-order valence-corrected chi connectivity index (χ2v) is 6.38. The lowest BCUT2D eigenvalue weighted by molar-refractivity contribution is -0.123. The number of halogens is 2. The molecule has 1 aromatic rings. The summed E-state index contributed by atoms with van der Waals surface area (Å²) in [5.41, 5.74) is 0.460. The Morgan fingerprint density at radius 1 is 0.952 bits per heavy atom. The first-order valence-electron chi connectivity index (χ1n) is 7.13. The molecule has 0 unspecified atom stereocenters. The van der Waals surface area contributed by atoms with Gasteiger partial charge in [-0.25, -0.2) is 4.90 Å². The van der Waals surface area contributed by atoms with Crippen LogP contribution < -0.4 is 4.90 Å². The molecule has 0 radical (unpaired) electrons. The van der Waals surface area contributed by atoms with Crippen LogP contribution >= 0.6 is 23.2 Å². The van der Waals surface area contributed by atoms with Crippen molar-refractivity contribution in [2.24, 2.45) is 0 Å². The number of likely N-dealkylation sites (tertiary alicyclic amines) is 1. The van der Waals surface area contributed by atoms with Gasteiger partial charge < -0.3 is 0 Å². The fourth-order valence-corrected chi connectivity index (χ4v) is 3.59. The zero-order chi connectivity index (χ0) is 15.0. The third-order valence-electron chi connectivity index (χ3n) is 4.06. The highest BCUT2D eigenvalue weighted by Crippen LogP contribution is 2.31.